The van der Waals surface area contributed by atoms with E-state index in [0.29, 0.717) is 18.0 Å². The van der Waals surface area contributed by atoms with E-state index in [2.05, 4.69) is 34.7 Å². The lowest BCUT2D eigenvalue weighted by Gasteiger charge is -2.42. The molecule has 0 spiro atoms. The molecule has 1 saturated heterocycles. The topological polar surface area (TPSA) is 20.3 Å². The third-order valence-electron chi connectivity index (χ3n) is 3.38. The Bertz CT molecular complexity index is 237. The van der Waals surface area contributed by atoms with Crippen LogP contribution in [0.3, 0.4) is 0 Å². The molecule has 0 bridgehead atoms. The van der Waals surface area contributed by atoms with Crippen molar-refractivity contribution >= 4 is 5.91 Å². The predicted octanol–water partition coefficient (Wildman–Crippen LogP) is 1.64. The van der Waals surface area contributed by atoms with Gasteiger partial charge in [0.2, 0.25) is 0 Å². The fourth-order valence-electron chi connectivity index (χ4n) is 2.41. The van der Waals surface area contributed by atoms with Crippen molar-refractivity contribution in [1.29, 1.82) is 0 Å². The SMILES string of the molecule is CC1C[N+](C)(C(C)C)N(C(C)C)C1=O. The van der Waals surface area contributed by atoms with Gasteiger partial charge >= 0.3 is 0 Å². The van der Waals surface area contributed by atoms with E-state index in [9.17, 15) is 4.79 Å². The van der Waals surface area contributed by atoms with Gasteiger partial charge in [0.05, 0.1) is 19.0 Å². The minimum atomic E-state index is 0.171. The molecule has 1 aliphatic heterocycles. The zero-order valence-corrected chi connectivity index (χ0v) is 10.2. The molecular weight excluding hydrogens is 176 g/mol. The Morgan fingerprint density at radius 3 is 2.14 bits per heavy atom. The molecule has 0 N–H and O–H groups in total. The van der Waals surface area contributed by atoms with E-state index >= 15 is 0 Å². The number of hydrogen-bond donors (Lipinski definition) is 0. The molecule has 0 aromatic heterocycles. The van der Waals surface area contributed by atoms with E-state index in [-0.39, 0.29) is 5.92 Å². The molecule has 0 aromatic carbocycles. The molecule has 1 fully saturated rings. The molecule has 2 unspecified atom stereocenters. The monoisotopic (exact) mass is 199 g/mol. The van der Waals surface area contributed by atoms with E-state index in [1.165, 1.54) is 0 Å². The van der Waals surface area contributed by atoms with Gasteiger partial charge in [-0.25, -0.2) is 4.59 Å². The third-order valence-corrected chi connectivity index (χ3v) is 3.38. The summed E-state index contributed by atoms with van der Waals surface area (Å²) in [6.45, 7) is 11.5. The number of amides is 1. The first-order valence-corrected chi connectivity index (χ1v) is 5.49. The zero-order valence-electron chi connectivity index (χ0n) is 10.2. The molecule has 1 amide bonds. The van der Waals surface area contributed by atoms with Crippen LogP contribution in [0.4, 0.5) is 0 Å². The number of carbonyl (C=O) groups excluding carboxylic acids is 1. The molecule has 0 aromatic rings. The highest BCUT2D eigenvalue weighted by Gasteiger charge is 2.49. The lowest BCUT2D eigenvalue weighted by Crippen LogP contribution is -2.60. The van der Waals surface area contributed by atoms with Crippen molar-refractivity contribution in [1.82, 2.24) is 5.01 Å². The molecule has 14 heavy (non-hydrogen) atoms. The molecule has 1 heterocycles. The Hall–Kier alpha value is -0.570. The molecule has 3 nitrogen and oxygen atoms in total. The number of hydrogen-bond acceptors (Lipinski definition) is 1. The lowest BCUT2D eigenvalue weighted by atomic mass is 10.2. The minimum absolute atomic E-state index is 0.171. The van der Waals surface area contributed by atoms with Gasteiger partial charge < -0.3 is 0 Å². The van der Waals surface area contributed by atoms with E-state index in [4.69, 9.17) is 0 Å². The first kappa shape index (κ1) is 11.5. The van der Waals surface area contributed by atoms with Crippen molar-refractivity contribution in [2.24, 2.45) is 5.92 Å². The molecule has 1 aliphatic rings. The smallest absolute Gasteiger partial charge is 0.269 e. The second-order valence-corrected chi connectivity index (χ2v) is 5.17. The first-order chi connectivity index (χ1) is 6.30. The van der Waals surface area contributed by atoms with Crippen LogP contribution in [0.1, 0.15) is 34.6 Å². The summed E-state index contributed by atoms with van der Waals surface area (Å²) in [7, 11) is 2.16. The fourth-order valence-corrected chi connectivity index (χ4v) is 2.41. The van der Waals surface area contributed by atoms with Crippen LogP contribution < -0.4 is 0 Å². The Labute approximate surface area is 87.2 Å². The Kier molecular flexibility index (Phi) is 2.91. The largest absolute Gasteiger partial charge is 0.276 e. The van der Waals surface area contributed by atoms with E-state index in [1.807, 2.05) is 11.9 Å². The van der Waals surface area contributed by atoms with Gasteiger partial charge in [-0.15, -0.1) is 0 Å². The van der Waals surface area contributed by atoms with Gasteiger partial charge in [0.15, 0.2) is 0 Å². The maximum Gasteiger partial charge on any atom is 0.276 e. The average Bonchev–Trinajstić information content (AvgIpc) is 2.24. The summed E-state index contributed by atoms with van der Waals surface area (Å²) in [6.07, 6.45) is 0. The predicted molar refractivity (Wildman–Crippen MR) is 57.3 cm³/mol. The molecule has 0 saturated carbocycles. The van der Waals surface area contributed by atoms with Crippen LogP contribution in [-0.4, -0.2) is 41.2 Å². The molecule has 0 aliphatic carbocycles. The van der Waals surface area contributed by atoms with Crippen molar-refractivity contribution in [3.05, 3.63) is 0 Å². The summed E-state index contributed by atoms with van der Waals surface area (Å²) in [5.74, 6) is 0.473. The molecule has 2 atom stereocenters. The lowest BCUT2D eigenvalue weighted by molar-refractivity contribution is -1.02. The fraction of sp³-hybridized carbons (Fsp3) is 0.909. The van der Waals surface area contributed by atoms with Crippen LogP contribution in [0.2, 0.25) is 0 Å². The van der Waals surface area contributed by atoms with Gasteiger partial charge in [-0.3, -0.25) is 4.79 Å². The van der Waals surface area contributed by atoms with Crippen molar-refractivity contribution < 1.29 is 9.39 Å². The minimum Gasteiger partial charge on any atom is -0.269 e. The van der Waals surface area contributed by atoms with Crippen molar-refractivity contribution in [2.75, 3.05) is 13.6 Å². The van der Waals surface area contributed by atoms with Crippen LogP contribution >= 0.6 is 0 Å². The van der Waals surface area contributed by atoms with Crippen LogP contribution in [0.25, 0.3) is 0 Å². The highest BCUT2D eigenvalue weighted by molar-refractivity contribution is 5.79. The van der Waals surface area contributed by atoms with E-state index < -0.39 is 0 Å². The van der Waals surface area contributed by atoms with Crippen molar-refractivity contribution in [3.63, 3.8) is 0 Å². The van der Waals surface area contributed by atoms with Gasteiger partial charge in [-0.2, -0.15) is 5.01 Å². The van der Waals surface area contributed by atoms with E-state index in [0.717, 1.165) is 11.1 Å². The summed E-state index contributed by atoms with van der Waals surface area (Å²) in [5, 5.41) is 2.02. The number of nitrogens with zero attached hydrogens (tertiary/aromatic N) is 2. The molecule has 3 heteroatoms. The normalized spacial score (nSPS) is 33.6. The van der Waals surface area contributed by atoms with Crippen LogP contribution in [0, 0.1) is 5.92 Å². The second-order valence-electron chi connectivity index (χ2n) is 5.17. The number of rotatable bonds is 2. The Morgan fingerprint density at radius 1 is 1.36 bits per heavy atom. The highest BCUT2D eigenvalue weighted by Crippen LogP contribution is 2.29. The first-order valence-electron chi connectivity index (χ1n) is 5.49. The summed E-state index contributed by atoms with van der Waals surface area (Å²) >= 11 is 0. The Morgan fingerprint density at radius 2 is 1.86 bits per heavy atom. The quantitative estimate of drug-likeness (QED) is 0.619. The van der Waals surface area contributed by atoms with Gasteiger partial charge in [0.1, 0.15) is 12.6 Å². The molecular formula is C11H23N2O+. The summed E-state index contributed by atoms with van der Waals surface area (Å²) < 4.78 is 0.762. The third kappa shape index (κ3) is 1.54. The average molecular weight is 199 g/mol. The Balaban J connectivity index is 3.02. The molecule has 1 rings (SSSR count). The summed E-state index contributed by atoms with van der Waals surface area (Å²) in [4.78, 5) is 12.0. The van der Waals surface area contributed by atoms with Crippen LogP contribution in [-0.2, 0) is 4.79 Å². The molecule has 82 valence electrons. The van der Waals surface area contributed by atoms with Crippen molar-refractivity contribution in [2.45, 2.75) is 46.7 Å². The maximum absolute atomic E-state index is 12.0. The van der Waals surface area contributed by atoms with Gasteiger partial charge in [0.25, 0.3) is 5.91 Å². The number of carbonyl (C=O) groups is 1. The summed E-state index contributed by atoms with van der Waals surface area (Å²) in [6, 6.07) is 0.756. The van der Waals surface area contributed by atoms with Crippen LogP contribution in [0.15, 0.2) is 0 Å². The van der Waals surface area contributed by atoms with Crippen LogP contribution in [0.5, 0.6) is 0 Å². The highest BCUT2D eigenvalue weighted by atomic mass is 16.2. The molecule has 0 radical (unpaired) electrons. The zero-order chi connectivity index (χ0) is 11.1. The van der Waals surface area contributed by atoms with Gasteiger partial charge in [-0.1, -0.05) is 0 Å². The standard InChI is InChI=1S/C11H23N2O/c1-8(2)12-11(14)10(5)7-13(12,6)9(3)4/h8-10H,7H2,1-6H3/q+1. The second kappa shape index (κ2) is 3.54. The van der Waals surface area contributed by atoms with Crippen molar-refractivity contribution in [3.8, 4) is 0 Å². The number of quaternary nitrogens is 1. The van der Waals surface area contributed by atoms with Gasteiger partial charge in [0, 0.05) is 0 Å². The van der Waals surface area contributed by atoms with Gasteiger partial charge in [-0.05, 0) is 34.6 Å². The maximum atomic E-state index is 12.0. The van der Waals surface area contributed by atoms with E-state index in [1.54, 1.807) is 0 Å². The summed E-state index contributed by atoms with van der Waals surface area (Å²) in [5.41, 5.74) is 0.